The molecule has 1 unspecified atom stereocenters. The Morgan fingerprint density at radius 3 is 2.63 bits per heavy atom. The fourth-order valence-corrected chi connectivity index (χ4v) is 2.79. The average Bonchev–Trinajstić information content (AvgIpc) is 2.93. The van der Waals surface area contributed by atoms with Crippen molar-refractivity contribution in [1.29, 1.82) is 0 Å². The predicted octanol–water partition coefficient (Wildman–Crippen LogP) is 2.25. The monoisotopic (exact) mass is 260 g/mol. The summed E-state index contributed by atoms with van der Waals surface area (Å²) in [6.45, 7) is 0.770. The van der Waals surface area contributed by atoms with Gasteiger partial charge in [0.15, 0.2) is 0 Å². The van der Waals surface area contributed by atoms with Gasteiger partial charge < -0.3 is 11.1 Å². The molecule has 3 nitrogen and oxygen atoms in total. The minimum Gasteiger partial charge on any atom is -0.355 e. The molecule has 0 spiro atoms. The molecule has 1 aromatic carbocycles. The predicted molar refractivity (Wildman–Crippen MR) is 77.7 cm³/mol. The molecule has 3 N–H and O–H groups in total. The Bertz CT molecular complexity index is 385. The largest absolute Gasteiger partial charge is 0.355 e. The lowest BCUT2D eigenvalue weighted by molar-refractivity contribution is -0.122. The second-order valence-corrected chi connectivity index (χ2v) is 5.53. The van der Waals surface area contributed by atoms with Crippen LogP contribution in [0.2, 0.25) is 0 Å². The van der Waals surface area contributed by atoms with E-state index in [1.807, 2.05) is 30.3 Å². The third-order valence-electron chi connectivity index (χ3n) is 3.96. The topological polar surface area (TPSA) is 55.1 Å². The molecule has 0 heterocycles. The number of amides is 1. The maximum Gasteiger partial charge on any atom is 0.237 e. The highest BCUT2D eigenvalue weighted by atomic mass is 16.2. The van der Waals surface area contributed by atoms with Gasteiger partial charge in [-0.1, -0.05) is 56.0 Å². The van der Waals surface area contributed by atoms with Gasteiger partial charge in [0.05, 0.1) is 6.04 Å². The lowest BCUT2D eigenvalue weighted by atomic mass is 10.0. The maximum absolute atomic E-state index is 11.9. The van der Waals surface area contributed by atoms with E-state index in [1.165, 1.54) is 25.7 Å². The van der Waals surface area contributed by atoms with E-state index in [4.69, 9.17) is 5.73 Å². The van der Waals surface area contributed by atoms with Gasteiger partial charge in [-0.15, -0.1) is 0 Å². The summed E-state index contributed by atoms with van der Waals surface area (Å²) in [6.07, 6.45) is 7.07. The number of hydrogen-bond acceptors (Lipinski definition) is 2. The normalized spacial score (nSPS) is 17.3. The molecule has 1 aliphatic rings. The molecular weight excluding hydrogens is 236 g/mol. The van der Waals surface area contributed by atoms with Crippen molar-refractivity contribution in [2.45, 2.75) is 44.6 Å². The molecule has 0 radical (unpaired) electrons. The van der Waals surface area contributed by atoms with E-state index in [9.17, 15) is 4.79 Å². The number of nitrogens with one attached hydrogen (secondary N) is 1. The average molecular weight is 260 g/mol. The molecule has 1 saturated carbocycles. The molecule has 1 amide bonds. The van der Waals surface area contributed by atoms with Crippen LogP contribution in [0.3, 0.4) is 0 Å². The number of hydrogen-bond donors (Lipinski definition) is 2. The molecule has 2 rings (SSSR count). The van der Waals surface area contributed by atoms with Gasteiger partial charge in [0, 0.05) is 6.54 Å². The van der Waals surface area contributed by atoms with Crippen LogP contribution in [0.5, 0.6) is 0 Å². The van der Waals surface area contributed by atoms with Gasteiger partial charge in [-0.3, -0.25) is 4.79 Å². The number of rotatable bonds is 6. The highest BCUT2D eigenvalue weighted by Gasteiger charge is 2.17. The summed E-state index contributed by atoms with van der Waals surface area (Å²) < 4.78 is 0. The summed E-state index contributed by atoms with van der Waals surface area (Å²) in [5.74, 6) is 0.785. The zero-order valence-corrected chi connectivity index (χ0v) is 11.5. The van der Waals surface area contributed by atoms with Crippen molar-refractivity contribution in [2.75, 3.05) is 6.54 Å². The van der Waals surface area contributed by atoms with Crippen molar-refractivity contribution in [2.24, 2.45) is 11.7 Å². The van der Waals surface area contributed by atoms with Gasteiger partial charge in [-0.25, -0.2) is 0 Å². The second kappa shape index (κ2) is 7.29. The number of benzene rings is 1. The van der Waals surface area contributed by atoms with Crippen LogP contribution in [0, 0.1) is 5.92 Å². The first kappa shape index (κ1) is 14.1. The Balaban J connectivity index is 1.67. The molecule has 0 bridgehead atoms. The lowest BCUT2D eigenvalue weighted by Gasteiger charge is -2.14. The van der Waals surface area contributed by atoms with Crippen molar-refractivity contribution < 1.29 is 4.79 Å². The summed E-state index contributed by atoms with van der Waals surface area (Å²) in [7, 11) is 0. The minimum atomic E-state index is -0.439. The van der Waals surface area contributed by atoms with Crippen LogP contribution >= 0.6 is 0 Å². The quantitative estimate of drug-likeness (QED) is 0.824. The van der Waals surface area contributed by atoms with Crippen molar-refractivity contribution >= 4 is 5.91 Å². The maximum atomic E-state index is 11.9. The van der Waals surface area contributed by atoms with E-state index in [1.54, 1.807) is 0 Å². The molecule has 3 heteroatoms. The molecule has 1 aliphatic carbocycles. The van der Waals surface area contributed by atoms with Gasteiger partial charge >= 0.3 is 0 Å². The van der Waals surface area contributed by atoms with Crippen LogP contribution < -0.4 is 11.1 Å². The van der Waals surface area contributed by atoms with Crippen molar-refractivity contribution in [3.8, 4) is 0 Å². The van der Waals surface area contributed by atoms with E-state index in [0.717, 1.165) is 24.4 Å². The lowest BCUT2D eigenvalue weighted by Crippen LogP contribution is -2.42. The SMILES string of the molecule is NC(Cc1ccccc1)C(=O)NCCC1CCCC1. The summed E-state index contributed by atoms with van der Waals surface area (Å²) in [6, 6.07) is 9.49. The fourth-order valence-electron chi connectivity index (χ4n) is 2.79. The fraction of sp³-hybridized carbons (Fsp3) is 0.562. The van der Waals surface area contributed by atoms with Crippen LogP contribution in [-0.4, -0.2) is 18.5 Å². The zero-order chi connectivity index (χ0) is 13.5. The Labute approximate surface area is 115 Å². The Hall–Kier alpha value is -1.35. The summed E-state index contributed by atoms with van der Waals surface area (Å²) in [4.78, 5) is 11.9. The first-order valence-corrected chi connectivity index (χ1v) is 7.33. The molecule has 1 atom stereocenters. The van der Waals surface area contributed by atoms with E-state index in [0.29, 0.717) is 6.42 Å². The number of nitrogens with two attached hydrogens (primary N) is 1. The van der Waals surface area contributed by atoms with Crippen LogP contribution in [0.15, 0.2) is 30.3 Å². The van der Waals surface area contributed by atoms with E-state index in [-0.39, 0.29) is 5.91 Å². The molecular formula is C16H24N2O. The van der Waals surface area contributed by atoms with E-state index in [2.05, 4.69) is 5.32 Å². The van der Waals surface area contributed by atoms with Crippen molar-refractivity contribution in [3.05, 3.63) is 35.9 Å². The zero-order valence-electron chi connectivity index (χ0n) is 11.5. The number of carbonyl (C=O) groups is 1. The molecule has 0 aliphatic heterocycles. The Morgan fingerprint density at radius 1 is 1.26 bits per heavy atom. The first-order valence-electron chi connectivity index (χ1n) is 7.33. The van der Waals surface area contributed by atoms with E-state index >= 15 is 0 Å². The third-order valence-corrected chi connectivity index (χ3v) is 3.96. The molecule has 19 heavy (non-hydrogen) atoms. The van der Waals surface area contributed by atoms with Gasteiger partial charge in [-0.05, 0) is 24.3 Å². The molecule has 0 saturated heterocycles. The summed E-state index contributed by atoms with van der Waals surface area (Å²) in [5, 5.41) is 2.97. The third kappa shape index (κ3) is 4.67. The Morgan fingerprint density at radius 2 is 1.95 bits per heavy atom. The van der Waals surface area contributed by atoms with E-state index < -0.39 is 6.04 Å². The van der Waals surface area contributed by atoms with Crippen LogP contribution in [0.4, 0.5) is 0 Å². The number of carbonyl (C=O) groups excluding carboxylic acids is 1. The highest BCUT2D eigenvalue weighted by molar-refractivity contribution is 5.81. The van der Waals surface area contributed by atoms with Crippen molar-refractivity contribution in [3.63, 3.8) is 0 Å². The smallest absolute Gasteiger partial charge is 0.237 e. The molecule has 1 fully saturated rings. The van der Waals surface area contributed by atoms with Gasteiger partial charge in [0.1, 0.15) is 0 Å². The second-order valence-electron chi connectivity index (χ2n) is 5.53. The first-order chi connectivity index (χ1) is 9.25. The van der Waals surface area contributed by atoms with Gasteiger partial charge in [0.25, 0.3) is 0 Å². The van der Waals surface area contributed by atoms with Crippen LogP contribution in [0.1, 0.15) is 37.7 Å². The van der Waals surface area contributed by atoms with Crippen LogP contribution in [0.25, 0.3) is 0 Å². The molecule has 1 aromatic rings. The molecule has 0 aromatic heterocycles. The minimum absolute atomic E-state index is 0.0261. The Kier molecular flexibility index (Phi) is 5.40. The standard InChI is InChI=1S/C16H24N2O/c17-15(12-14-8-2-1-3-9-14)16(19)18-11-10-13-6-4-5-7-13/h1-3,8-9,13,15H,4-7,10-12,17H2,(H,18,19). The highest BCUT2D eigenvalue weighted by Crippen LogP contribution is 2.26. The summed E-state index contributed by atoms with van der Waals surface area (Å²) in [5.41, 5.74) is 7.04. The molecule has 104 valence electrons. The van der Waals surface area contributed by atoms with Gasteiger partial charge in [0.2, 0.25) is 5.91 Å². The van der Waals surface area contributed by atoms with Crippen molar-refractivity contribution in [1.82, 2.24) is 5.32 Å². The van der Waals surface area contributed by atoms with Gasteiger partial charge in [-0.2, -0.15) is 0 Å². The van der Waals surface area contributed by atoms with Crippen LogP contribution in [-0.2, 0) is 11.2 Å². The summed E-state index contributed by atoms with van der Waals surface area (Å²) >= 11 is 0.